The zero-order valence-electron chi connectivity index (χ0n) is 9.93. The normalized spacial score (nSPS) is 9.78. The van der Waals surface area contributed by atoms with E-state index in [1.807, 2.05) is 24.3 Å². The molecular weight excluding hydrogens is 228 g/mol. The second kappa shape index (κ2) is 5.19. The van der Waals surface area contributed by atoms with Gasteiger partial charge in [-0.05, 0) is 42.0 Å². The molecule has 0 fully saturated rings. The topological polar surface area (TPSA) is 62.1 Å². The van der Waals surface area contributed by atoms with Gasteiger partial charge in [-0.3, -0.25) is 5.32 Å². The first-order valence-corrected chi connectivity index (χ1v) is 5.60. The van der Waals surface area contributed by atoms with E-state index in [-0.39, 0.29) is 0 Å². The monoisotopic (exact) mass is 240 g/mol. The van der Waals surface area contributed by atoms with Gasteiger partial charge in [0, 0.05) is 5.69 Å². The number of nitrogens with one attached hydrogen (secondary N) is 1. The quantitative estimate of drug-likeness (QED) is 0.876. The van der Waals surface area contributed by atoms with Crippen molar-refractivity contribution in [2.75, 3.05) is 11.9 Å². The Bertz CT molecular complexity index is 629. The van der Waals surface area contributed by atoms with Crippen LogP contribution in [0.15, 0.2) is 36.4 Å². The lowest BCUT2D eigenvalue weighted by Crippen LogP contribution is -2.13. The van der Waals surface area contributed by atoms with E-state index < -0.39 is 6.09 Å². The van der Waals surface area contributed by atoms with E-state index in [0.717, 1.165) is 10.8 Å². The van der Waals surface area contributed by atoms with Crippen LogP contribution in [0.1, 0.15) is 12.5 Å². The van der Waals surface area contributed by atoms with Crippen molar-refractivity contribution in [1.29, 1.82) is 5.26 Å². The number of amides is 1. The summed E-state index contributed by atoms with van der Waals surface area (Å²) in [5.74, 6) is 0. The van der Waals surface area contributed by atoms with Crippen molar-refractivity contribution in [3.8, 4) is 6.07 Å². The number of nitriles is 1. The van der Waals surface area contributed by atoms with E-state index in [9.17, 15) is 4.79 Å². The molecule has 0 saturated carbocycles. The SMILES string of the molecule is CCOC(=O)Nc1ccc2cc(C#N)ccc2c1. The Kier molecular flexibility index (Phi) is 3.44. The highest BCUT2D eigenvalue weighted by molar-refractivity contribution is 5.91. The number of benzene rings is 2. The van der Waals surface area contributed by atoms with Crippen molar-refractivity contribution < 1.29 is 9.53 Å². The Morgan fingerprint density at radius 2 is 2.00 bits per heavy atom. The molecule has 0 heterocycles. The zero-order chi connectivity index (χ0) is 13.0. The third kappa shape index (κ3) is 2.58. The summed E-state index contributed by atoms with van der Waals surface area (Å²) >= 11 is 0. The van der Waals surface area contributed by atoms with E-state index in [1.54, 1.807) is 19.1 Å². The first-order chi connectivity index (χ1) is 8.72. The summed E-state index contributed by atoms with van der Waals surface area (Å²) in [6, 6.07) is 13.0. The molecule has 4 heteroatoms. The summed E-state index contributed by atoms with van der Waals surface area (Å²) in [6.45, 7) is 2.09. The van der Waals surface area contributed by atoms with Gasteiger partial charge in [-0.15, -0.1) is 0 Å². The molecule has 2 aromatic carbocycles. The van der Waals surface area contributed by atoms with Crippen LogP contribution in [0.2, 0.25) is 0 Å². The van der Waals surface area contributed by atoms with Gasteiger partial charge in [0.15, 0.2) is 0 Å². The summed E-state index contributed by atoms with van der Waals surface area (Å²) in [7, 11) is 0. The fourth-order valence-corrected chi connectivity index (χ4v) is 1.68. The van der Waals surface area contributed by atoms with Crippen LogP contribution in [0.4, 0.5) is 10.5 Å². The molecule has 0 saturated heterocycles. The van der Waals surface area contributed by atoms with Crippen LogP contribution in [-0.2, 0) is 4.74 Å². The Morgan fingerprint density at radius 1 is 1.28 bits per heavy atom. The minimum Gasteiger partial charge on any atom is -0.450 e. The maximum absolute atomic E-state index is 11.3. The highest BCUT2D eigenvalue weighted by atomic mass is 16.5. The molecule has 2 rings (SSSR count). The number of nitrogens with zero attached hydrogens (tertiary/aromatic N) is 1. The first-order valence-electron chi connectivity index (χ1n) is 5.60. The lowest BCUT2D eigenvalue weighted by molar-refractivity contribution is 0.168. The maximum Gasteiger partial charge on any atom is 0.411 e. The van der Waals surface area contributed by atoms with Gasteiger partial charge in [0.05, 0.1) is 18.2 Å². The standard InChI is InChI=1S/C14H12N2O2/c1-2-18-14(17)16-13-6-5-11-7-10(9-15)3-4-12(11)8-13/h3-8H,2H2,1H3,(H,16,17). The van der Waals surface area contributed by atoms with Crippen LogP contribution in [0.3, 0.4) is 0 Å². The van der Waals surface area contributed by atoms with Gasteiger partial charge >= 0.3 is 6.09 Å². The summed E-state index contributed by atoms with van der Waals surface area (Å²) in [5, 5.41) is 13.4. The van der Waals surface area contributed by atoms with Gasteiger partial charge in [-0.2, -0.15) is 5.26 Å². The van der Waals surface area contributed by atoms with Crippen molar-refractivity contribution >= 4 is 22.6 Å². The lowest BCUT2D eigenvalue weighted by atomic mass is 10.1. The van der Waals surface area contributed by atoms with Gasteiger partial charge in [0.2, 0.25) is 0 Å². The Hall–Kier alpha value is -2.54. The molecule has 0 aliphatic carbocycles. The molecule has 90 valence electrons. The van der Waals surface area contributed by atoms with E-state index in [1.165, 1.54) is 0 Å². The third-order valence-corrected chi connectivity index (χ3v) is 2.49. The number of hydrogen-bond acceptors (Lipinski definition) is 3. The smallest absolute Gasteiger partial charge is 0.411 e. The number of fused-ring (bicyclic) bond motifs is 1. The third-order valence-electron chi connectivity index (χ3n) is 2.49. The summed E-state index contributed by atoms with van der Waals surface area (Å²) in [4.78, 5) is 11.3. The largest absolute Gasteiger partial charge is 0.450 e. The second-order valence-corrected chi connectivity index (χ2v) is 3.73. The van der Waals surface area contributed by atoms with Crippen molar-refractivity contribution in [2.45, 2.75) is 6.92 Å². The van der Waals surface area contributed by atoms with E-state index in [4.69, 9.17) is 10.00 Å². The molecular formula is C14H12N2O2. The molecule has 18 heavy (non-hydrogen) atoms. The maximum atomic E-state index is 11.3. The van der Waals surface area contributed by atoms with Gasteiger partial charge < -0.3 is 4.74 Å². The van der Waals surface area contributed by atoms with Crippen LogP contribution in [0.5, 0.6) is 0 Å². The molecule has 2 aromatic rings. The molecule has 0 spiro atoms. The number of ether oxygens (including phenoxy) is 1. The molecule has 4 nitrogen and oxygen atoms in total. The highest BCUT2D eigenvalue weighted by Gasteiger charge is 2.03. The molecule has 0 atom stereocenters. The Balaban J connectivity index is 2.28. The number of carbonyl (C=O) groups excluding carboxylic acids is 1. The average molecular weight is 240 g/mol. The number of carbonyl (C=O) groups is 1. The van der Waals surface area contributed by atoms with Crippen LogP contribution >= 0.6 is 0 Å². The Labute approximate surface area is 105 Å². The lowest BCUT2D eigenvalue weighted by Gasteiger charge is -2.06. The molecule has 0 unspecified atom stereocenters. The van der Waals surface area contributed by atoms with Crippen LogP contribution in [-0.4, -0.2) is 12.7 Å². The van der Waals surface area contributed by atoms with E-state index in [2.05, 4.69) is 11.4 Å². The Morgan fingerprint density at radius 3 is 2.72 bits per heavy atom. The van der Waals surface area contributed by atoms with E-state index >= 15 is 0 Å². The summed E-state index contributed by atoms with van der Waals surface area (Å²) in [6.07, 6.45) is -0.467. The second-order valence-electron chi connectivity index (χ2n) is 3.73. The van der Waals surface area contributed by atoms with Crippen molar-refractivity contribution in [1.82, 2.24) is 0 Å². The highest BCUT2D eigenvalue weighted by Crippen LogP contribution is 2.20. The fraction of sp³-hybridized carbons (Fsp3) is 0.143. The van der Waals surface area contributed by atoms with Gasteiger partial charge in [0.1, 0.15) is 0 Å². The minimum atomic E-state index is -0.467. The van der Waals surface area contributed by atoms with Crippen LogP contribution in [0, 0.1) is 11.3 Å². The summed E-state index contributed by atoms with van der Waals surface area (Å²) in [5.41, 5.74) is 1.29. The van der Waals surface area contributed by atoms with Crippen molar-refractivity contribution in [3.63, 3.8) is 0 Å². The van der Waals surface area contributed by atoms with Gasteiger partial charge in [-0.25, -0.2) is 4.79 Å². The molecule has 0 aliphatic rings. The predicted octanol–water partition coefficient (Wildman–Crippen LogP) is 3.28. The molecule has 0 aromatic heterocycles. The van der Waals surface area contributed by atoms with Gasteiger partial charge in [-0.1, -0.05) is 12.1 Å². The van der Waals surface area contributed by atoms with Crippen LogP contribution < -0.4 is 5.32 Å². The van der Waals surface area contributed by atoms with Gasteiger partial charge in [0.25, 0.3) is 0 Å². The molecule has 1 N–H and O–H groups in total. The minimum absolute atomic E-state index is 0.338. The van der Waals surface area contributed by atoms with Crippen LogP contribution in [0.25, 0.3) is 10.8 Å². The van der Waals surface area contributed by atoms with Crippen molar-refractivity contribution in [2.24, 2.45) is 0 Å². The average Bonchev–Trinajstić information content (AvgIpc) is 2.38. The zero-order valence-corrected chi connectivity index (χ0v) is 9.93. The first kappa shape index (κ1) is 11.9. The predicted molar refractivity (Wildman–Crippen MR) is 69.3 cm³/mol. The van der Waals surface area contributed by atoms with E-state index in [0.29, 0.717) is 17.9 Å². The number of rotatable bonds is 2. The summed E-state index contributed by atoms with van der Waals surface area (Å²) < 4.78 is 4.80. The molecule has 0 aliphatic heterocycles. The molecule has 0 bridgehead atoms. The molecule has 1 amide bonds. The fourth-order valence-electron chi connectivity index (χ4n) is 1.68. The number of anilines is 1. The molecule has 0 radical (unpaired) electrons. The van der Waals surface area contributed by atoms with Crippen molar-refractivity contribution in [3.05, 3.63) is 42.0 Å². The number of hydrogen-bond donors (Lipinski definition) is 1.